The van der Waals surface area contributed by atoms with E-state index in [0.29, 0.717) is 22.3 Å². The summed E-state index contributed by atoms with van der Waals surface area (Å²) in [6.07, 6.45) is 0. The van der Waals surface area contributed by atoms with Gasteiger partial charge in [0.2, 0.25) is 5.91 Å². The highest BCUT2D eigenvalue weighted by Gasteiger charge is 2.04. The molecule has 0 bridgehead atoms. The van der Waals surface area contributed by atoms with Crippen molar-refractivity contribution in [2.24, 2.45) is 0 Å². The van der Waals surface area contributed by atoms with Crippen molar-refractivity contribution in [3.8, 4) is 0 Å². The van der Waals surface area contributed by atoms with Crippen LogP contribution < -0.4 is 5.32 Å². The molecule has 0 aromatic heterocycles. The van der Waals surface area contributed by atoms with Gasteiger partial charge in [0.05, 0.1) is 5.75 Å². The van der Waals surface area contributed by atoms with Gasteiger partial charge in [-0.05, 0) is 29.3 Å². The van der Waals surface area contributed by atoms with Crippen molar-refractivity contribution in [3.63, 3.8) is 0 Å². The fourth-order valence-corrected chi connectivity index (χ4v) is 4.89. The van der Waals surface area contributed by atoms with E-state index in [1.54, 1.807) is 29.6 Å². The van der Waals surface area contributed by atoms with Gasteiger partial charge in [-0.25, -0.2) is 0 Å². The summed E-state index contributed by atoms with van der Waals surface area (Å²) < 4.78 is 1.08. The number of carbonyl (C=O) groups is 1. The molecule has 0 spiro atoms. The Hall–Kier alpha value is -0.330. The highest BCUT2D eigenvalue weighted by atomic mass is 79.9. The van der Waals surface area contributed by atoms with Gasteiger partial charge in [-0.1, -0.05) is 63.4 Å². The van der Waals surface area contributed by atoms with E-state index in [9.17, 15) is 4.79 Å². The van der Waals surface area contributed by atoms with Crippen LogP contribution >= 0.6 is 62.7 Å². The first-order valence-corrected chi connectivity index (χ1v) is 11.5. The monoisotopic (exact) mass is 477 g/mol. The topological polar surface area (TPSA) is 29.1 Å². The van der Waals surface area contributed by atoms with Gasteiger partial charge in [0.15, 0.2) is 0 Å². The molecule has 0 aliphatic carbocycles. The first-order valence-electron chi connectivity index (χ1n) is 7.66. The molecule has 2 rings (SSSR count). The molecular formula is C18H18BrCl2NOS2. The second-order valence-electron chi connectivity index (χ2n) is 5.22. The smallest absolute Gasteiger partial charge is 0.230 e. The molecular weight excluding hydrogens is 461 g/mol. The lowest BCUT2D eigenvalue weighted by atomic mass is 10.2. The molecule has 25 heavy (non-hydrogen) atoms. The molecule has 2 aromatic rings. The summed E-state index contributed by atoms with van der Waals surface area (Å²) >= 11 is 18.9. The Morgan fingerprint density at radius 2 is 1.80 bits per heavy atom. The minimum atomic E-state index is 0.0715. The molecule has 0 saturated carbocycles. The number of amides is 1. The maximum Gasteiger partial charge on any atom is 0.230 e. The number of benzene rings is 2. The van der Waals surface area contributed by atoms with Crippen molar-refractivity contribution in [2.45, 2.75) is 11.5 Å². The molecule has 134 valence electrons. The van der Waals surface area contributed by atoms with Gasteiger partial charge in [0.25, 0.3) is 0 Å². The molecule has 0 radical (unpaired) electrons. The van der Waals surface area contributed by atoms with Gasteiger partial charge in [-0.3, -0.25) is 4.79 Å². The molecule has 2 aromatic carbocycles. The number of thioether (sulfide) groups is 2. The molecule has 1 N–H and O–H groups in total. The van der Waals surface area contributed by atoms with Gasteiger partial charge in [0, 0.05) is 38.3 Å². The van der Waals surface area contributed by atoms with Gasteiger partial charge in [-0.2, -0.15) is 11.8 Å². The highest BCUT2D eigenvalue weighted by molar-refractivity contribution is 9.10. The van der Waals surface area contributed by atoms with Crippen LogP contribution in [0.4, 0.5) is 0 Å². The van der Waals surface area contributed by atoms with Crippen LogP contribution in [-0.2, 0) is 16.3 Å². The zero-order valence-electron chi connectivity index (χ0n) is 13.4. The van der Waals surface area contributed by atoms with E-state index in [0.717, 1.165) is 27.3 Å². The first-order chi connectivity index (χ1) is 12.1. The van der Waals surface area contributed by atoms with Crippen molar-refractivity contribution in [3.05, 3.63) is 68.1 Å². The molecule has 7 heteroatoms. The maximum absolute atomic E-state index is 11.9. The number of rotatable bonds is 9. The number of hydrogen-bond acceptors (Lipinski definition) is 3. The molecule has 0 aliphatic heterocycles. The Bertz CT molecular complexity index is 715. The zero-order valence-corrected chi connectivity index (χ0v) is 18.2. The van der Waals surface area contributed by atoms with E-state index in [2.05, 4.69) is 27.3 Å². The van der Waals surface area contributed by atoms with E-state index in [-0.39, 0.29) is 5.91 Å². The van der Waals surface area contributed by atoms with Crippen LogP contribution in [0.15, 0.2) is 46.9 Å². The zero-order chi connectivity index (χ0) is 18.1. The Morgan fingerprint density at radius 3 is 2.56 bits per heavy atom. The van der Waals surface area contributed by atoms with E-state index >= 15 is 0 Å². The summed E-state index contributed by atoms with van der Waals surface area (Å²) in [5.74, 6) is 3.01. The fourth-order valence-electron chi connectivity index (χ4n) is 2.00. The largest absolute Gasteiger partial charge is 0.355 e. The van der Waals surface area contributed by atoms with Gasteiger partial charge < -0.3 is 5.32 Å². The Morgan fingerprint density at radius 1 is 1.04 bits per heavy atom. The van der Waals surface area contributed by atoms with Gasteiger partial charge in [0.1, 0.15) is 0 Å². The van der Waals surface area contributed by atoms with Gasteiger partial charge in [-0.15, -0.1) is 11.8 Å². The third kappa shape index (κ3) is 7.83. The molecule has 0 unspecified atom stereocenters. The van der Waals surface area contributed by atoms with E-state index in [1.165, 1.54) is 5.56 Å². The Labute approximate surface area is 175 Å². The minimum Gasteiger partial charge on any atom is -0.355 e. The van der Waals surface area contributed by atoms with Crippen LogP contribution in [0.2, 0.25) is 10.0 Å². The lowest BCUT2D eigenvalue weighted by Gasteiger charge is -2.07. The first kappa shape index (κ1) is 21.0. The second kappa shape index (κ2) is 11.4. The lowest BCUT2D eigenvalue weighted by Crippen LogP contribution is -2.27. The molecule has 0 saturated heterocycles. The molecule has 2 nitrogen and oxygen atoms in total. The summed E-state index contributed by atoms with van der Waals surface area (Å²) in [4.78, 5) is 11.9. The van der Waals surface area contributed by atoms with Crippen molar-refractivity contribution < 1.29 is 4.79 Å². The molecule has 0 atom stereocenters. The van der Waals surface area contributed by atoms with E-state index in [4.69, 9.17) is 23.2 Å². The van der Waals surface area contributed by atoms with Crippen LogP contribution in [-0.4, -0.2) is 24.0 Å². The summed E-state index contributed by atoms with van der Waals surface area (Å²) in [6.45, 7) is 0.657. The third-order valence-electron chi connectivity index (χ3n) is 3.29. The highest BCUT2D eigenvalue weighted by Crippen LogP contribution is 2.24. The molecule has 0 aliphatic rings. The number of halogens is 3. The van der Waals surface area contributed by atoms with Crippen LogP contribution in [0.5, 0.6) is 0 Å². The number of hydrogen-bond donors (Lipinski definition) is 1. The second-order valence-corrected chi connectivity index (χ2v) is 9.01. The number of nitrogens with one attached hydrogen (secondary N) is 1. The summed E-state index contributed by atoms with van der Waals surface area (Å²) in [6, 6.07) is 13.6. The molecule has 0 fully saturated rings. The summed E-state index contributed by atoms with van der Waals surface area (Å²) in [7, 11) is 0. The minimum absolute atomic E-state index is 0.0715. The van der Waals surface area contributed by atoms with Crippen LogP contribution in [0.3, 0.4) is 0 Å². The van der Waals surface area contributed by atoms with Crippen LogP contribution in [0, 0.1) is 0 Å². The van der Waals surface area contributed by atoms with Crippen molar-refractivity contribution >= 4 is 68.6 Å². The predicted molar refractivity (Wildman–Crippen MR) is 116 cm³/mol. The van der Waals surface area contributed by atoms with Crippen molar-refractivity contribution in [1.82, 2.24) is 5.32 Å². The van der Waals surface area contributed by atoms with Crippen LogP contribution in [0.25, 0.3) is 0 Å². The van der Waals surface area contributed by atoms with Gasteiger partial charge >= 0.3 is 0 Å². The number of carbonyl (C=O) groups excluding carboxylic acids is 1. The average molecular weight is 479 g/mol. The van der Waals surface area contributed by atoms with Crippen LogP contribution in [0.1, 0.15) is 11.1 Å². The standard InChI is InChI=1S/C18H18BrCl2NOS2/c19-16-4-2-1-3-13(16)10-25-12-18(23)22-7-8-24-11-14-5-6-15(20)9-17(14)21/h1-6,9H,7-8,10-12H2,(H,22,23). The predicted octanol–water partition coefficient (Wildman–Crippen LogP) is 6.04. The maximum atomic E-state index is 11.9. The Balaban J connectivity index is 1.57. The average Bonchev–Trinajstić information content (AvgIpc) is 2.58. The van der Waals surface area contributed by atoms with E-state index < -0.39 is 0 Å². The molecule has 1 amide bonds. The third-order valence-corrected chi connectivity index (χ3v) is 6.64. The van der Waals surface area contributed by atoms with E-state index in [1.807, 2.05) is 30.3 Å². The summed E-state index contributed by atoms with van der Waals surface area (Å²) in [5.41, 5.74) is 2.27. The SMILES string of the molecule is O=C(CSCc1ccccc1Br)NCCSCc1ccc(Cl)cc1Cl. The quantitative estimate of drug-likeness (QED) is 0.445. The van der Waals surface area contributed by atoms with Crippen molar-refractivity contribution in [2.75, 3.05) is 18.1 Å². The normalized spacial score (nSPS) is 10.7. The summed E-state index contributed by atoms with van der Waals surface area (Å²) in [5, 5.41) is 4.28. The Kier molecular flexibility index (Phi) is 9.56. The lowest BCUT2D eigenvalue weighted by molar-refractivity contribution is -0.118. The fraction of sp³-hybridized carbons (Fsp3) is 0.278. The molecule has 0 heterocycles. The van der Waals surface area contributed by atoms with Crippen molar-refractivity contribution in [1.29, 1.82) is 0 Å².